The largest absolute Gasteiger partial charge is 0.353 e. The van der Waals surface area contributed by atoms with Crippen molar-refractivity contribution in [1.29, 1.82) is 0 Å². The number of nitrogens with one attached hydrogen (secondary N) is 4. The number of anilines is 1. The molecule has 2 rings (SSSR count). The van der Waals surface area contributed by atoms with E-state index in [-0.39, 0.29) is 5.82 Å². The lowest BCUT2D eigenvalue weighted by atomic mass is 9.96. The van der Waals surface area contributed by atoms with Crippen LogP contribution in [0.25, 0.3) is 0 Å². The Morgan fingerprint density at radius 3 is 3.00 bits per heavy atom. The molecule has 1 heterocycles. The summed E-state index contributed by atoms with van der Waals surface area (Å²) in [5, 5.41) is 12.2. The summed E-state index contributed by atoms with van der Waals surface area (Å²) in [6.07, 6.45) is 8.90. The molecule has 1 aromatic heterocycles. The average Bonchev–Trinajstić information content (AvgIpc) is 2.51. The molecule has 0 fully saturated rings. The standard InChI is InChI=1S/C13H18N6O3/c1-8(15-10-12(21)16-13(22)19-17-10)11(20)18-14-7-9-5-3-2-4-6-9/h2-3,7-9H,4-6H2,1H3,(H,15,17)(H,18,20)(H2,16,19,21,22)/b14-7+. The molecule has 22 heavy (non-hydrogen) atoms. The van der Waals surface area contributed by atoms with Crippen LogP contribution in [-0.2, 0) is 4.79 Å². The molecular formula is C13H18N6O3. The van der Waals surface area contributed by atoms with Gasteiger partial charge in [0.2, 0.25) is 5.82 Å². The van der Waals surface area contributed by atoms with E-state index in [4.69, 9.17) is 0 Å². The summed E-state index contributed by atoms with van der Waals surface area (Å²) in [5.74, 6) is -0.212. The van der Waals surface area contributed by atoms with Crippen LogP contribution in [-0.4, -0.2) is 33.3 Å². The van der Waals surface area contributed by atoms with Crippen LogP contribution in [0.3, 0.4) is 0 Å². The van der Waals surface area contributed by atoms with Crippen molar-refractivity contribution in [2.24, 2.45) is 11.0 Å². The van der Waals surface area contributed by atoms with Gasteiger partial charge in [0.1, 0.15) is 6.04 Å². The number of amides is 1. The van der Waals surface area contributed by atoms with E-state index in [0.717, 1.165) is 19.3 Å². The van der Waals surface area contributed by atoms with Gasteiger partial charge in [0.25, 0.3) is 11.5 Å². The molecule has 2 atom stereocenters. The van der Waals surface area contributed by atoms with E-state index in [1.807, 2.05) is 4.98 Å². The molecule has 0 radical (unpaired) electrons. The second-order valence-corrected chi connectivity index (χ2v) is 5.02. The summed E-state index contributed by atoms with van der Waals surface area (Å²) in [6.45, 7) is 1.56. The van der Waals surface area contributed by atoms with Gasteiger partial charge in [-0.2, -0.15) is 5.10 Å². The molecule has 0 saturated carbocycles. The number of hydrogen-bond acceptors (Lipinski definition) is 6. The van der Waals surface area contributed by atoms with Crippen LogP contribution >= 0.6 is 0 Å². The minimum atomic E-state index is -0.733. The van der Waals surface area contributed by atoms with Crippen molar-refractivity contribution in [3.05, 3.63) is 33.0 Å². The van der Waals surface area contributed by atoms with Crippen molar-refractivity contribution in [1.82, 2.24) is 20.6 Å². The van der Waals surface area contributed by atoms with E-state index >= 15 is 0 Å². The molecule has 0 aliphatic heterocycles. The summed E-state index contributed by atoms with van der Waals surface area (Å²) < 4.78 is 0. The normalized spacial score (nSPS) is 19.0. The molecule has 118 valence electrons. The Balaban J connectivity index is 1.86. The van der Waals surface area contributed by atoms with Crippen molar-refractivity contribution in [3.63, 3.8) is 0 Å². The number of hydrazone groups is 1. The fourth-order valence-corrected chi connectivity index (χ4v) is 1.97. The zero-order valence-corrected chi connectivity index (χ0v) is 12.1. The summed E-state index contributed by atoms with van der Waals surface area (Å²) in [6, 6.07) is -0.733. The Morgan fingerprint density at radius 1 is 1.50 bits per heavy atom. The second kappa shape index (κ2) is 7.34. The molecule has 9 heteroatoms. The molecule has 1 aromatic rings. The van der Waals surface area contributed by atoms with Gasteiger partial charge in [-0.25, -0.2) is 15.3 Å². The monoisotopic (exact) mass is 306 g/mol. The number of carbonyl (C=O) groups excluding carboxylic acids is 1. The highest BCUT2D eigenvalue weighted by molar-refractivity contribution is 5.84. The van der Waals surface area contributed by atoms with Crippen LogP contribution in [0.15, 0.2) is 26.8 Å². The lowest BCUT2D eigenvalue weighted by molar-refractivity contribution is -0.121. The van der Waals surface area contributed by atoms with Gasteiger partial charge in [-0.3, -0.25) is 14.6 Å². The highest BCUT2D eigenvalue weighted by Crippen LogP contribution is 2.15. The van der Waals surface area contributed by atoms with Crippen LogP contribution in [0.5, 0.6) is 0 Å². The smallest absolute Gasteiger partial charge is 0.342 e. The summed E-state index contributed by atoms with van der Waals surface area (Å²) in [7, 11) is 0. The Kier molecular flexibility index (Phi) is 5.23. The fraction of sp³-hybridized carbons (Fsp3) is 0.462. The fourth-order valence-electron chi connectivity index (χ4n) is 1.97. The quantitative estimate of drug-likeness (QED) is 0.337. The second-order valence-electron chi connectivity index (χ2n) is 5.02. The zero-order valence-electron chi connectivity index (χ0n) is 12.1. The van der Waals surface area contributed by atoms with E-state index in [1.165, 1.54) is 0 Å². The Labute approximate surface area is 125 Å². The minimum absolute atomic E-state index is 0.136. The van der Waals surface area contributed by atoms with Crippen molar-refractivity contribution in [2.45, 2.75) is 32.2 Å². The average molecular weight is 306 g/mol. The van der Waals surface area contributed by atoms with Crippen LogP contribution in [0.1, 0.15) is 26.2 Å². The number of allylic oxidation sites excluding steroid dienone is 2. The summed E-state index contributed by atoms with van der Waals surface area (Å²) >= 11 is 0. The number of H-pyrrole nitrogens is 2. The predicted molar refractivity (Wildman–Crippen MR) is 81.7 cm³/mol. The van der Waals surface area contributed by atoms with Gasteiger partial charge in [0.15, 0.2) is 0 Å². The maximum atomic E-state index is 11.9. The van der Waals surface area contributed by atoms with Crippen LogP contribution < -0.4 is 22.0 Å². The SMILES string of the molecule is CC(Nc1n[nH]c(=O)[nH]c1=O)C(=O)N/N=C/C1CC=CCC1. The number of carbonyl (C=O) groups is 1. The molecule has 0 aromatic carbocycles. The van der Waals surface area contributed by atoms with Gasteiger partial charge in [-0.15, -0.1) is 5.10 Å². The topological polar surface area (TPSA) is 132 Å². The molecule has 1 aliphatic rings. The van der Waals surface area contributed by atoms with E-state index < -0.39 is 23.2 Å². The summed E-state index contributed by atoms with van der Waals surface area (Å²) in [4.78, 5) is 36.2. The van der Waals surface area contributed by atoms with E-state index in [9.17, 15) is 14.4 Å². The molecule has 1 amide bonds. The van der Waals surface area contributed by atoms with Crippen molar-refractivity contribution >= 4 is 17.9 Å². The maximum Gasteiger partial charge on any atom is 0.342 e. The molecular weight excluding hydrogens is 288 g/mol. The van der Waals surface area contributed by atoms with Gasteiger partial charge in [-0.1, -0.05) is 12.2 Å². The molecule has 9 nitrogen and oxygen atoms in total. The van der Waals surface area contributed by atoms with E-state index in [0.29, 0.717) is 5.92 Å². The first-order valence-electron chi connectivity index (χ1n) is 7.00. The molecule has 1 aliphatic carbocycles. The number of rotatable bonds is 5. The first-order chi connectivity index (χ1) is 10.6. The molecule has 0 saturated heterocycles. The molecule has 0 bridgehead atoms. The third kappa shape index (κ3) is 4.40. The first kappa shape index (κ1) is 15.7. The Morgan fingerprint density at radius 2 is 2.32 bits per heavy atom. The van der Waals surface area contributed by atoms with Crippen molar-refractivity contribution < 1.29 is 4.79 Å². The van der Waals surface area contributed by atoms with Crippen LogP contribution in [0, 0.1) is 5.92 Å². The maximum absolute atomic E-state index is 11.9. The van der Waals surface area contributed by atoms with Gasteiger partial charge in [0, 0.05) is 6.21 Å². The highest BCUT2D eigenvalue weighted by Gasteiger charge is 2.15. The van der Waals surface area contributed by atoms with Crippen LogP contribution in [0.4, 0.5) is 5.82 Å². The predicted octanol–water partition coefficient (Wildman–Crippen LogP) is -0.283. The van der Waals surface area contributed by atoms with Gasteiger partial charge in [-0.05, 0) is 32.1 Å². The third-order valence-corrected chi connectivity index (χ3v) is 3.23. The number of nitrogens with zero attached hydrogens (tertiary/aromatic N) is 2. The highest BCUT2D eigenvalue weighted by atomic mass is 16.2. The summed E-state index contributed by atoms with van der Waals surface area (Å²) in [5.41, 5.74) is 1.01. The van der Waals surface area contributed by atoms with Crippen LogP contribution in [0.2, 0.25) is 0 Å². The molecule has 0 spiro atoms. The molecule has 4 N–H and O–H groups in total. The first-order valence-corrected chi connectivity index (χ1v) is 7.00. The number of hydrogen-bond donors (Lipinski definition) is 4. The third-order valence-electron chi connectivity index (χ3n) is 3.23. The minimum Gasteiger partial charge on any atom is -0.353 e. The zero-order chi connectivity index (χ0) is 15.9. The van der Waals surface area contributed by atoms with E-state index in [1.54, 1.807) is 13.1 Å². The lowest BCUT2D eigenvalue weighted by Crippen LogP contribution is -2.38. The van der Waals surface area contributed by atoms with Gasteiger partial charge < -0.3 is 5.32 Å². The number of aromatic nitrogens is 3. The van der Waals surface area contributed by atoms with Crippen molar-refractivity contribution in [3.8, 4) is 0 Å². The Bertz CT molecular complexity index is 690. The lowest BCUT2D eigenvalue weighted by Gasteiger charge is -2.13. The Hall–Kier alpha value is -2.71. The van der Waals surface area contributed by atoms with E-state index in [2.05, 4.69) is 38.2 Å². The molecule has 2 unspecified atom stereocenters. The number of aromatic amines is 2. The van der Waals surface area contributed by atoms with Crippen molar-refractivity contribution in [2.75, 3.05) is 5.32 Å². The van der Waals surface area contributed by atoms with Gasteiger partial charge in [0.05, 0.1) is 0 Å². The van der Waals surface area contributed by atoms with Gasteiger partial charge >= 0.3 is 5.69 Å².